The van der Waals surface area contributed by atoms with E-state index in [1.807, 2.05) is 11.9 Å². The molecule has 88 valence electrons. The lowest BCUT2D eigenvalue weighted by Crippen LogP contribution is -2.41. The summed E-state index contributed by atoms with van der Waals surface area (Å²) in [6, 6.07) is 2.08. The first-order valence-corrected chi connectivity index (χ1v) is 6.68. The van der Waals surface area contributed by atoms with Crippen molar-refractivity contribution in [2.75, 3.05) is 20.1 Å². The quantitative estimate of drug-likeness (QED) is 0.869. The summed E-state index contributed by atoms with van der Waals surface area (Å²) in [5, 5.41) is 7.44. The second kappa shape index (κ2) is 5.46. The number of carbonyl (C=O) groups excluding carboxylic acids is 1. The van der Waals surface area contributed by atoms with Crippen molar-refractivity contribution in [3.63, 3.8) is 0 Å². The van der Waals surface area contributed by atoms with Crippen molar-refractivity contribution in [2.45, 2.75) is 19.4 Å². The van der Waals surface area contributed by atoms with Crippen molar-refractivity contribution in [1.82, 2.24) is 10.2 Å². The van der Waals surface area contributed by atoms with Crippen LogP contribution < -0.4 is 5.32 Å². The molecule has 1 N–H and O–H groups in total. The number of nitrogens with one attached hydrogen (secondary N) is 1. The summed E-state index contributed by atoms with van der Waals surface area (Å²) in [6.45, 7) is 2.63. The van der Waals surface area contributed by atoms with Gasteiger partial charge in [0, 0.05) is 20.1 Å². The van der Waals surface area contributed by atoms with Gasteiger partial charge in [0.15, 0.2) is 0 Å². The highest BCUT2D eigenvalue weighted by atomic mass is 32.1. The Kier molecular flexibility index (Phi) is 3.96. The highest BCUT2D eigenvalue weighted by Gasteiger charge is 2.23. The Bertz CT molecular complexity index is 331. The molecule has 1 atom stereocenters. The predicted molar refractivity (Wildman–Crippen MR) is 66.4 cm³/mol. The van der Waals surface area contributed by atoms with Crippen LogP contribution in [0.4, 0.5) is 0 Å². The SMILES string of the molecule is CN(Cc1ccsc1)C(=O)C1CCCNC1. The lowest BCUT2D eigenvalue weighted by molar-refractivity contribution is -0.135. The monoisotopic (exact) mass is 238 g/mol. The van der Waals surface area contributed by atoms with Crippen molar-refractivity contribution in [3.8, 4) is 0 Å². The normalized spacial score (nSPS) is 20.7. The van der Waals surface area contributed by atoms with E-state index in [9.17, 15) is 4.79 Å². The van der Waals surface area contributed by atoms with E-state index in [1.165, 1.54) is 5.56 Å². The minimum absolute atomic E-state index is 0.178. The number of hydrogen-bond acceptors (Lipinski definition) is 3. The highest BCUT2D eigenvalue weighted by Crippen LogP contribution is 2.15. The number of rotatable bonds is 3. The summed E-state index contributed by atoms with van der Waals surface area (Å²) < 4.78 is 0. The van der Waals surface area contributed by atoms with Gasteiger partial charge in [-0.3, -0.25) is 4.79 Å². The molecule has 1 aliphatic heterocycles. The first kappa shape index (κ1) is 11.6. The fourth-order valence-electron chi connectivity index (χ4n) is 2.11. The molecule has 0 saturated carbocycles. The number of thiophene rings is 1. The van der Waals surface area contributed by atoms with Gasteiger partial charge in [0.1, 0.15) is 0 Å². The maximum Gasteiger partial charge on any atom is 0.227 e. The van der Waals surface area contributed by atoms with E-state index in [0.29, 0.717) is 0 Å². The molecule has 1 unspecified atom stereocenters. The smallest absolute Gasteiger partial charge is 0.227 e. The summed E-state index contributed by atoms with van der Waals surface area (Å²) >= 11 is 1.68. The first-order chi connectivity index (χ1) is 7.77. The molecule has 1 aliphatic rings. The van der Waals surface area contributed by atoms with Gasteiger partial charge < -0.3 is 10.2 Å². The molecule has 1 saturated heterocycles. The molecule has 0 radical (unpaired) electrons. The standard InChI is InChI=1S/C12H18N2OS/c1-14(8-10-4-6-16-9-10)12(15)11-3-2-5-13-7-11/h4,6,9,11,13H,2-3,5,7-8H2,1H3. The number of carbonyl (C=O) groups is 1. The van der Waals surface area contributed by atoms with Gasteiger partial charge in [0.2, 0.25) is 5.91 Å². The van der Waals surface area contributed by atoms with E-state index in [2.05, 4.69) is 22.1 Å². The molecule has 0 aromatic carbocycles. The van der Waals surface area contributed by atoms with Crippen LogP contribution in [-0.2, 0) is 11.3 Å². The Balaban J connectivity index is 1.88. The molecule has 0 spiro atoms. The van der Waals surface area contributed by atoms with Crippen LogP contribution in [0.2, 0.25) is 0 Å². The molecule has 1 fully saturated rings. The van der Waals surface area contributed by atoms with E-state index in [1.54, 1.807) is 11.3 Å². The van der Waals surface area contributed by atoms with Crippen molar-refractivity contribution in [1.29, 1.82) is 0 Å². The Morgan fingerprint density at radius 1 is 1.69 bits per heavy atom. The molecule has 1 aromatic rings. The third-order valence-electron chi connectivity index (χ3n) is 3.02. The van der Waals surface area contributed by atoms with E-state index < -0.39 is 0 Å². The zero-order valence-electron chi connectivity index (χ0n) is 9.61. The first-order valence-electron chi connectivity index (χ1n) is 5.74. The molecule has 4 heteroatoms. The third-order valence-corrected chi connectivity index (χ3v) is 3.75. The third kappa shape index (κ3) is 2.83. The van der Waals surface area contributed by atoms with Crippen molar-refractivity contribution in [3.05, 3.63) is 22.4 Å². The van der Waals surface area contributed by atoms with Crippen molar-refractivity contribution in [2.24, 2.45) is 5.92 Å². The summed E-state index contributed by atoms with van der Waals surface area (Å²) in [5.41, 5.74) is 1.23. The average Bonchev–Trinajstić information content (AvgIpc) is 2.82. The van der Waals surface area contributed by atoms with Gasteiger partial charge in [-0.05, 0) is 41.8 Å². The Morgan fingerprint density at radius 3 is 3.19 bits per heavy atom. The van der Waals surface area contributed by atoms with Crippen LogP contribution in [0.3, 0.4) is 0 Å². The molecule has 0 aliphatic carbocycles. The van der Waals surface area contributed by atoms with Crippen LogP contribution in [0.15, 0.2) is 16.8 Å². The van der Waals surface area contributed by atoms with Crippen LogP contribution >= 0.6 is 11.3 Å². The minimum atomic E-state index is 0.178. The van der Waals surface area contributed by atoms with Crippen LogP contribution in [0.5, 0.6) is 0 Å². The van der Waals surface area contributed by atoms with Gasteiger partial charge in [0.25, 0.3) is 0 Å². The Morgan fingerprint density at radius 2 is 2.56 bits per heavy atom. The van der Waals surface area contributed by atoms with Crippen molar-refractivity contribution >= 4 is 17.2 Å². The number of amides is 1. The number of nitrogens with zero attached hydrogens (tertiary/aromatic N) is 1. The van der Waals surface area contributed by atoms with Crippen LogP contribution in [0.25, 0.3) is 0 Å². The predicted octanol–water partition coefficient (Wildman–Crippen LogP) is 1.71. The Hall–Kier alpha value is -0.870. The minimum Gasteiger partial charge on any atom is -0.341 e. The highest BCUT2D eigenvalue weighted by molar-refractivity contribution is 7.07. The molecule has 2 heterocycles. The van der Waals surface area contributed by atoms with E-state index in [4.69, 9.17) is 0 Å². The number of piperidine rings is 1. The van der Waals surface area contributed by atoms with Gasteiger partial charge in [-0.25, -0.2) is 0 Å². The maximum atomic E-state index is 12.1. The zero-order valence-corrected chi connectivity index (χ0v) is 10.4. The van der Waals surface area contributed by atoms with Crippen LogP contribution in [-0.4, -0.2) is 30.9 Å². The second-order valence-electron chi connectivity index (χ2n) is 4.37. The molecule has 1 amide bonds. The lowest BCUT2D eigenvalue weighted by atomic mass is 9.98. The summed E-state index contributed by atoms with van der Waals surface area (Å²) in [5.74, 6) is 0.454. The van der Waals surface area contributed by atoms with E-state index >= 15 is 0 Å². The fraction of sp³-hybridized carbons (Fsp3) is 0.583. The molecule has 16 heavy (non-hydrogen) atoms. The van der Waals surface area contributed by atoms with Gasteiger partial charge in [-0.15, -0.1) is 0 Å². The zero-order chi connectivity index (χ0) is 11.4. The summed E-state index contributed by atoms with van der Waals surface area (Å²) in [7, 11) is 1.90. The van der Waals surface area contributed by atoms with Gasteiger partial charge in [-0.1, -0.05) is 0 Å². The van der Waals surface area contributed by atoms with Crippen molar-refractivity contribution < 1.29 is 4.79 Å². The van der Waals surface area contributed by atoms with Gasteiger partial charge in [-0.2, -0.15) is 11.3 Å². The molecule has 3 nitrogen and oxygen atoms in total. The molecule has 2 rings (SSSR count). The second-order valence-corrected chi connectivity index (χ2v) is 5.15. The topological polar surface area (TPSA) is 32.3 Å². The van der Waals surface area contributed by atoms with Crippen LogP contribution in [0, 0.1) is 5.92 Å². The lowest BCUT2D eigenvalue weighted by Gasteiger charge is -2.26. The van der Waals surface area contributed by atoms with E-state index in [-0.39, 0.29) is 11.8 Å². The average molecular weight is 238 g/mol. The fourth-order valence-corrected chi connectivity index (χ4v) is 2.77. The summed E-state index contributed by atoms with van der Waals surface area (Å²) in [4.78, 5) is 14.0. The van der Waals surface area contributed by atoms with E-state index in [0.717, 1.165) is 32.5 Å². The summed E-state index contributed by atoms with van der Waals surface area (Å²) in [6.07, 6.45) is 2.14. The molecular formula is C12H18N2OS. The maximum absolute atomic E-state index is 12.1. The molecule has 1 aromatic heterocycles. The molecule has 0 bridgehead atoms. The number of hydrogen-bond donors (Lipinski definition) is 1. The van der Waals surface area contributed by atoms with Gasteiger partial charge in [0.05, 0.1) is 5.92 Å². The van der Waals surface area contributed by atoms with Crippen LogP contribution in [0.1, 0.15) is 18.4 Å². The molecular weight excluding hydrogens is 220 g/mol. The largest absolute Gasteiger partial charge is 0.341 e. The van der Waals surface area contributed by atoms with Gasteiger partial charge >= 0.3 is 0 Å². The Labute approximate surface area is 100 Å².